The van der Waals surface area contributed by atoms with Crippen molar-refractivity contribution in [2.45, 2.75) is 38.5 Å². The molecule has 1 fully saturated rings. The van der Waals surface area contributed by atoms with E-state index in [0.29, 0.717) is 6.42 Å². The van der Waals surface area contributed by atoms with Gasteiger partial charge in [-0.25, -0.2) is 0 Å². The maximum atomic E-state index is 11.0. The summed E-state index contributed by atoms with van der Waals surface area (Å²) < 4.78 is 0. The quantitative estimate of drug-likeness (QED) is 0.839. The highest BCUT2D eigenvalue weighted by Crippen LogP contribution is 2.24. The van der Waals surface area contributed by atoms with E-state index in [9.17, 15) is 4.79 Å². The van der Waals surface area contributed by atoms with Crippen molar-refractivity contribution in [3.8, 4) is 0 Å². The summed E-state index contributed by atoms with van der Waals surface area (Å²) in [6.45, 7) is 1.01. The summed E-state index contributed by atoms with van der Waals surface area (Å²) in [7, 11) is 0. The van der Waals surface area contributed by atoms with Crippen molar-refractivity contribution in [1.29, 1.82) is 0 Å². The van der Waals surface area contributed by atoms with E-state index in [2.05, 4.69) is 5.32 Å². The molecule has 0 unspecified atom stereocenters. The fourth-order valence-corrected chi connectivity index (χ4v) is 2.68. The van der Waals surface area contributed by atoms with Crippen molar-refractivity contribution in [2.75, 3.05) is 11.9 Å². The molecule has 3 N–H and O–H groups in total. The van der Waals surface area contributed by atoms with Crippen LogP contribution in [0.1, 0.15) is 37.7 Å². The lowest BCUT2D eigenvalue weighted by Gasteiger charge is -2.23. The summed E-state index contributed by atoms with van der Waals surface area (Å²) in [6, 6.07) is 7.94. The molecule has 0 radical (unpaired) electrons. The Morgan fingerprint density at radius 1 is 1.22 bits per heavy atom. The van der Waals surface area contributed by atoms with Crippen molar-refractivity contribution in [2.24, 2.45) is 11.7 Å². The smallest absolute Gasteiger partial charge is 0.221 e. The van der Waals surface area contributed by atoms with Crippen LogP contribution < -0.4 is 11.1 Å². The summed E-state index contributed by atoms with van der Waals surface area (Å²) in [4.78, 5) is 11.0. The van der Waals surface area contributed by atoms with Crippen molar-refractivity contribution < 1.29 is 4.79 Å². The summed E-state index contributed by atoms with van der Waals surface area (Å²) >= 11 is 0. The second kappa shape index (κ2) is 6.43. The van der Waals surface area contributed by atoms with Gasteiger partial charge >= 0.3 is 0 Å². The number of rotatable bonds is 5. The van der Waals surface area contributed by atoms with Crippen molar-refractivity contribution >= 4 is 11.6 Å². The first-order chi connectivity index (χ1) is 8.75. The average Bonchev–Trinajstić information content (AvgIpc) is 2.38. The average molecular weight is 246 g/mol. The van der Waals surface area contributed by atoms with E-state index in [1.165, 1.54) is 32.1 Å². The molecule has 0 heterocycles. The Morgan fingerprint density at radius 2 is 1.94 bits per heavy atom. The topological polar surface area (TPSA) is 55.1 Å². The van der Waals surface area contributed by atoms with Crippen LogP contribution in [0, 0.1) is 5.92 Å². The highest BCUT2D eigenvalue weighted by Gasteiger charge is 2.13. The first kappa shape index (κ1) is 12.9. The Hall–Kier alpha value is -1.51. The molecule has 0 aromatic heterocycles. The molecule has 18 heavy (non-hydrogen) atoms. The van der Waals surface area contributed by atoms with Crippen LogP contribution in [0.2, 0.25) is 0 Å². The van der Waals surface area contributed by atoms with Gasteiger partial charge in [0.05, 0.1) is 6.42 Å². The second-order valence-corrected chi connectivity index (χ2v) is 5.19. The molecule has 1 aliphatic rings. The van der Waals surface area contributed by atoms with Gasteiger partial charge in [0.2, 0.25) is 5.91 Å². The van der Waals surface area contributed by atoms with E-state index in [4.69, 9.17) is 5.73 Å². The van der Waals surface area contributed by atoms with E-state index in [-0.39, 0.29) is 5.91 Å². The molecule has 0 atom stereocenters. The lowest BCUT2D eigenvalue weighted by molar-refractivity contribution is -0.117. The number of carbonyl (C=O) groups is 1. The number of primary amides is 1. The molecule has 1 aromatic carbocycles. The first-order valence-electron chi connectivity index (χ1n) is 6.86. The van der Waals surface area contributed by atoms with Crippen LogP contribution in [0.25, 0.3) is 0 Å². The van der Waals surface area contributed by atoms with Gasteiger partial charge < -0.3 is 11.1 Å². The summed E-state index contributed by atoms with van der Waals surface area (Å²) in [5.74, 6) is 0.502. The molecule has 98 valence electrons. The highest BCUT2D eigenvalue weighted by molar-refractivity contribution is 5.78. The van der Waals surface area contributed by atoms with Gasteiger partial charge in [0.1, 0.15) is 0 Å². The van der Waals surface area contributed by atoms with Crippen molar-refractivity contribution in [3.63, 3.8) is 0 Å². The van der Waals surface area contributed by atoms with Crippen molar-refractivity contribution in [3.05, 3.63) is 29.8 Å². The Labute approximate surface area is 109 Å². The van der Waals surface area contributed by atoms with Crippen molar-refractivity contribution in [1.82, 2.24) is 0 Å². The SMILES string of the molecule is NC(=O)Cc1ccccc1NCC1CCCCC1. The molecule has 1 amide bonds. The Balaban J connectivity index is 1.93. The fourth-order valence-electron chi connectivity index (χ4n) is 2.68. The Kier molecular flexibility index (Phi) is 4.62. The zero-order chi connectivity index (χ0) is 12.8. The number of hydrogen-bond acceptors (Lipinski definition) is 2. The first-order valence-corrected chi connectivity index (χ1v) is 6.86. The van der Waals surface area contributed by atoms with Crippen LogP contribution in [-0.2, 0) is 11.2 Å². The third-order valence-electron chi connectivity index (χ3n) is 3.69. The zero-order valence-corrected chi connectivity index (χ0v) is 10.8. The number of nitrogens with one attached hydrogen (secondary N) is 1. The maximum absolute atomic E-state index is 11.0. The minimum absolute atomic E-state index is 0.276. The van der Waals surface area contributed by atoms with E-state index < -0.39 is 0 Å². The van der Waals surface area contributed by atoms with Gasteiger partial charge in [-0.1, -0.05) is 37.5 Å². The van der Waals surface area contributed by atoms with Gasteiger partial charge in [0, 0.05) is 12.2 Å². The monoisotopic (exact) mass is 246 g/mol. The Morgan fingerprint density at radius 3 is 2.67 bits per heavy atom. The van der Waals surface area contributed by atoms with Crippen LogP contribution in [0.3, 0.4) is 0 Å². The summed E-state index contributed by atoms with van der Waals surface area (Å²) in [5, 5.41) is 3.48. The molecule has 2 rings (SSSR count). The van der Waals surface area contributed by atoms with Crippen LogP contribution in [0.5, 0.6) is 0 Å². The number of amides is 1. The zero-order valence-electron chi connectivity index (χ0n) is 10.8. The molecule has 3 nitrogen and oxygen atoms in total. The number of nitrogens with two attached hydrogens (primary N) is 1. The third-order valence-corrected chi connectivity index (χ3v) is 3.69. The molecule has 0 aliphatic heterocycles. The van der Waals surface area contributed by atoms with E-state index in [0.717, 1.165) is 23.7 Å². The Bertz CT molecular complexity index is 397. The van der Waals surface area contributed by atoms with Crippen LogP contribution in [0.4, 0.5) is 5.69 Å². The highest BCUT2D eigenvalue weighted by atomic mass is 16.1. The van der Waals surface area contributed by atoms with E-state index in [1.807, 2.05) is 24.3 Å². The molecule has 1 saturated carbocycles. The number of carbonyl (C=O) groups excluding carboxylic acids is 1. The largest absolute Gasteiger partial charge is 0.385 e. The number of anilines is 1. The number of para-hydroxylation sites is 1. The molecular formula is C15H22N2O. The van der Waals surface area contributed by atoms with Crippen LogP contribution in [-0.4, -0.2) is 12.5 Å². The molecule has 0 spiro atoms. The molecular weight excluding hydrogens is 224 g/mol. The standard InChI is InChI=1S/C15H22N2O/c16-15(18)10-13-8-4-5-9-14(13)17-11-12-6-2-1-3-7-12/h4-5,8-9,12,17H,1-3,6-7,10-11H2,(H2,16,18). The van der Waals surface area contributed by atoms with Crippen LogP contribution in [0.15, 0.2) is 24.3 Å². The van der Waals surface area contributed by atoms with Crippen LogP contribution >= 0.6 is 0 Å². The number of benzene rings is 1. The maximum Gasteiger partial charge on any atom is 0.221 e. The molecule has 0 saturated heterocycles. The molecule has 1 aliphatic carbocycles. The van der Waals surface area contributed by atoms with Gasteiger partial charge in [-0.05, 0) is 30.4 Å². The predicted octanol–water partition coefficient (Wildman–Crippen LogP) is 2.71. The second-order valence-electron chi connectivity index (χ2n) is 5.19. The van der Waals surface area contributed by atoms with E-state index >= 15 is 0 Å². The van der Waals surface area contributed by atoms with Gasteiger partial charge in [-0.3, -0.25) is 4.79 Å². The van der Waals surface area contributed by atoms with Gasteiger partial charge in [-0.2, -0.15) is 0 Å². The number of hydrogen-bond donors (Lipinski definition) is 2. The van der Waals surface area contributed by atoms with Gasteiger partial charge in [0.25, 0.3) is 0 Å². The normalized spacial score (nSPS) is 16.4. The minimum atomic E-state index is -0.276. The van der Waals surface area contributed by atoms with Gasteiger partial charge in [-0.15, -0.1) is 0 Å². The third kappa shape index (κ3) is 3.76. The van der Waals surface area contributed by atoms with E-state index in [1.54, 1.807) is 0 Å². The molecule has 1 aromatic rings. The summed E-state index contributed by atoms with van der Waals surface area (Å²) in [5.41, 5.74) is 7.32. The lowest BCUT2D eigenvalue weighted by atomic mass is 9.89. The lowest BCUT2D eigenvalue weighted by Crippen LogP contribution is -2.19. The molecule has 0 bridgehead atoms. The fraction of sp³-hybridized carbons (Fsp3) is 0.533. The van der Waals surface area contributed by atoms with Gasteiger partial charge in [0.15, 0.2) is 0 Å². The minimum Gasteiger partial charge on any atom is -0.385 e. The molecule has 3 heteroatoms. The summed E-state index contributed by atoms with van der Waals surface area (Å²) in [6.07, 6.45) is 7.06. The predicted molar refractivity (Wildman–Crippen MR) is 74.4 cm³/mol.